The number of hydrogen-bond donors (Lipinski definition) is 0. The molecule has 2 heterocycles. The second-order valence-corrected chi connectivity index (χ2v) is 6.66. The predicted molar refractivity (Wildman–Crippen MR) is 111 cm³/mol. The van der Waals surface area contributed by atoms with Crippen LogP contribution in [0.4, 0.5) is 11.6 Å². The van der Waals surface area contributed by atoms with Gasteiger partial charge in [0, 0.05) is 44.4 Å². The van der Waals surface area contributed by atoms with Gasteiger partial charge < -0.3 is 9.80 Å². The monoisotopic (exact) mass is 375 g/mol. The van der Waals surface area contributed by atoms with Crippen LogP contribution in [0, 0.1) is 6.92 Å². The molecule has 1 aromatic carbocycles. The highest BCUT2D eigenvalue weighted by molar-refractivity contribution is 5.92. The lowest BCUT2D eigenvalue weighted by Gasteiger charge is -2.22. The van der Waals surface area contributed by atoms with E-state index in [-0.39, 0.29) is 5.91 Å². The van der Waals surface area contributed by atoms with E-state index in [2.05, 4.69) is 34.0 Å². The summed E-state index contributed by atoms with van der Waals surface area (Å²) in [6.45, 7) is 5.41. The molecule has 0 aliphatic rings. The quantitative estimate of drug-likeness (QED) is 0.631. The summed E-state index contributed by atoms with van der Waals surface area (Å²) < 4.78 is 0. The molecule has 0 aliphatic carbocycles. The summed E-state index contributed by atoms with van der Waals surface area (Å²) in [5.74, 6) is 0.416. The van der Waals surface area contributed by atoms with E-state index in [0.717, 1.165) is 17.7 Å². The van der Waals surface area contributed by atoms with Crippen molar-refractivity contribution in [1.29, 1.82) is 0 Å². The molecular weight excluding hydrogens is 350 g/mol. The normalized spacial score (nSPS) is 10.5. The largest absolute Gasteiger partial charge is 0.340 e. The Balaban J connectivity index is 1.75. The van der Waals surface area contributed by atoms with Gasteiger partial charge in [0.2, 0.25) is 5.95 Å². The van der Waals surface area contributed by atoms with Crippen molar-refractivity contribution in [3.05, 3.63) is 77.9 Å². The Labute approximate surface area is 165 Å². The lowest BCUT2D eigenvalue weighted by Crippen LogP contribution is -2.30. The molecule has 0 aliphatic heterocycles. The van der Waals surface area contributed by atoms with Crippen LogP contribution in [0.25, 0.3) is 0 Å². The van der Waals surface area contributed by atoms with E-state index in [1.807, 2.05) is 36.1 Å². The van der Waals surface area contributed by atoms with Crippen LogP contribution < -0.4 is 4.90 Å². The Hall–Kier alpha value is -3.28. The third-order valence-electron chi connectivity index (χ3n) is 4.56. The van der Waals surface area contributed by atoms with Crippen LogP contribution in [0.2, 0.25) is 0 Å². The van der Waals surface area contributed by atoms with Gasteiger partial charge in [0.15, 0.2) is 0 Å². The van der Waals surface area contributed by atoms with Gasteiger partial charge in [-0.2, -0.15) is 0 Å². The SMILES string of the molecule is CCN(c1cccc(C)c1)c1nccc(C(=O)N(C)CCc2ccncc2)n1. The Kier molecular flexibility index (Phi) is 6.32. The minimum absolute atomic E-state index is 0.113. The molecule has 0 saturated carbocycles. The van der Waals surface area contributed by atoms with Gasteiger partial charge in [0.25, 0.3) is 5.91 Å². The zero-order valence-corrected chi connectivity index (χ0v) is 16.5. The van der Waals surface area contributed by atoms with Gasteiger partial charge in [-0.3, -0.25) is 9.78 Å². The number of nitrogens with zero attached hydrogens (tertiary/aromatic N) is 5. The van der Waals surface area contributed by atoms with Crippen LogP contribution in [0.3, 0.4) is 0 Å². The van der Waals surface area contributed by atoms with Crippen LogP contribution in [0.5, 0.6) is 0 Å². The van der Waals surface area contributed by atoms with E-state index in [1.165, 1.54) is 5.56 Å². The van der Waals surface area contributed by atoms with Crippen molar-refractivity contribution in [3.63, 3.8) is 0 Å². The second kappa shape index (κ2) is 9.08. The molecule has 0 unspecified atom stereocenters. The summed E-state index contributed by atoms with van der Waals surface area (Å²) in [6, 6.07) is 13.8. The average molecular weight is 375 g/mol. The Morgan fingerprint density at radius 1 is 1.07 bits per heavy atom. The van der Waals surface area contributed by atoms with Crippen molar-refractivity contribution in [2.24, 2.45) is 0 Å². The minimum Gasteiger partial charge on any atom is -0.340 e. The molecule has 1 amide bonds. The third-order valence-corrected chi connectivity index (χ3v) is 4.56. The van der Waals surface area contributed by atoms with E-state index in [4.69, 9.17) is 0 Å². The summed E-state index contributed by atoms with van der Waals surface area (Å²) in [6.07, 6.45) is 5.94. The summed E-state index contributed by atoms with van der Waals surface area (Å²) in [4.78, 5) is 29.5. The molecule has 28 heavy (non-hydrogen) atoms. The third kappa shape index (κ3) is 4.71. The molecule has 144 valence electrons. The number of carbonyl (C=O) groups is 1. The predicted octanol–water partition coefficient (Wildman–Crippen LogP) is 3.65. The second-order valence-electron chi connectivity index (χ2n) is 6.66. The fourth-order valence-corrected chi connectivity index (χ4v) is 2.98. The number of pyridine rings is 1. The summed E-state index contributed by atoms with van der Waals surface area (Å²) >= 11 is 0. The number of amides is 1. The van der Waals surface area contributed by atoms with E-state index >= 15 is 0 Å². The highest BCUT2D eigenvalue weighted by Gasteiger charge is 2.17. The Morgan fingerprint density at radius 2 is 1.86 bits per heavy atom. The highest BCUT2D eigenvalue weighted by atomic mass is 16.2. The smallest absolute Gasteiger partial charge is 0.272 e. The van der Waals surface area contributed by atoms with Crippen LogP contribution in [0.15, 0.2) is 61.1 Å². The Bertz CT molecular complexity index is 929. The van der Waals surface area contributed by atoms with E-state index in [0.29, 0.717) is 24.7 Å². The first kappa shape index (κ1) is 19.5. The number of aryl methyl sites for hydroxylation is 1. The maximum absolute atomic E-state index is 12.8. The molecule has 3 rings (SSSR count). The average Bonchev–Trinajstić information content (AvgIpc) is 2.73. The molecule has 0 fully saturated rings. The number of likely N-dealkylation sites (N-methyl/N-ethyl adjacent to an activating group) is 1. The lowest BCUT2D eigenvalue weighted by atomic mass is 10.2. The number of rotatable bonds is 7. The van der Waals surface area contributed by atoms with Crippen LogP contribution in [-0.2, 0) is 6.42 Å². The fraction of sp³-hybridized carbons (Fsp3) is 0.273. The van der Waals surface area contributed by atoms with Crippen molar-refractivity contribution in [1.82, 2.24) is 19.9 Å². The van der Waals surface area contributed by atoms with Gasteiger partial charge in [0.05, 0.1) is 0 Å². The van der Waals surface area contributed by atoms with Gasteiger partial charge in [-0.1, -0.05) is 12.1 Å². The summed E-state index contributed by atoms with van der Waals surface area (Å²) in [7, 11) is 1.80. The molecule has 6 heteroatoms. The van der Waals surface area contributed by atoms with Gasteiger partial charge >= 0.3 is 0 Å². The van der Waals surface area contributed by atoms with Crippen molar-refractivity contribution in [3.8, 4) is 0 Å². The number of hydrogen-bond acceptors (Lipinski definition) is 5. The summed E-state index contributed by atoms with van der Waals surface area (Å²) in [5.41, 5.74) is 3.72. The topological polar surface area (TPSA) is 62.2 Å². The van der Waals surface area contributed by atoms with Crippen molar-refractivity contribution >= 4 is 17.5 Å². The number of benzene rings is 1. The molecule has 2 aromatic heterocycles. The number of carbonyl (C=O) groups excluding carboxylic acids is 1. The fourth-order valence-electron chi connectivity index (χ4n) is 2.98. The molecule has 0 N–H and O–H groups in total. The molecule has 0 spiro atoms. The molecule has 0 saturated heterocycles. The van der Waals surface area contributed by atoms with Crippen molar-refractivity contribution in [2.45, 2.75) is 20.3 Å². The first-order valence-corrected chi connectivity index (χ1v) is 9.40. The number of anilines is 2. The minimum atomic E-state index is -0.113. The van der Waals surface area contributed by atoms with Gasteiger partial charge in [-0.05, 0) is 61.7 Å². The zero-order valence-electron chi connectivity index (χ0n) is 16.5. The first-order chi connectivity index (χ1) is 13.6. The molecule has 6 nitrogen and oxygen atoms in total. The molecule has 3 aromatic rings. The standard InChI is InChI=1S/C22H25N5O/c1-4-27(19-7-5-6-17(2)16-19)22-24-14-10-20(25-22)21(28)26(3)15-11-18-8-12-23-13-9-18/h5-10,12-14,16H,4,11,15H2,1-3H3. The van der Waals surface area contributed by atoms with Gasteiger partial charge in [0.1, 0.15) is 5.69 Å². The van der Waals surface area contributed by atoms with E-state index in [9.17, 15) is 4.79 Å². The molecular formula is C22H25N5O. The Morgan fingerprint density at radius 3 is 2.57 bits per heavy atom. The van der Waals surface area contributed by atoms with Crippen LogP contribution in [-0.4, -0.2) is 45.9 Å². The van der Waals surface area contributed by atoms with E-state index < -0.39 is 0 Å². The van der Waals surface area contributed by atoms with Crippen LogP contribution >= 0.6 is 0 Å². The molecule has 0 radical (unpaired) electrons. The molecule has 0 atom stereocenters. The highest BCUT2D eigenvalue weighted by Crippen LogP contribution is 2.22. The van der Waals surface area contributed by atoms with Gasteiger partial charge in [-0.15, -0.1) is 0 Å². The van der Waals surface area contributed by atoms with E-state index in [1.54, 1.807) is 36.6 Å². The van der Waals surface area contributed by atoms with Crippen molar-refractivity contribution < 1.29 is 4.79 Å². The maximum atomic E-state index is 12.8. The summed E-state index contributed by atoms with van der Waals surface area (Å²) in [5, 5.41) is 0. The lowest BCUT2D eigenvalue weighted by molar-refractivity contribution is 0.0790. The zero-order chi connectivity index (χ0) is 19.9. The number of aromatic nitrogens is 3. The first-order valence-electron chi connectivity index (χ1n) is 9.40. The molecule has 0 bridgehead atoms. The van der Waals surface area contributed by atoms with Crippen molar-refractivity contribution in [2.75, 3.05) is 25.0 Å². The maximum Gasteiger partial charge on any atom is 0.272 e. The van der Waals surface area contributed by atoms with Crippen LogP contribution in [0.1, 0.15) is 28.5 Å². The van der Waals surface area contributed by atoms with Gasteiger partial charge in [-0.25, -0.2) is 9.97 Å².